The van der Waals surface area contributed by atoms with Gasteiger partial charge in [0.15, 0.2) is 0 Å². The van der Waals surface area contributed by atoms with Crippen molar-refractivity contribution in [2.45, 2.75) is 60.3 Å². The van der Waals surface area contributed by atoms with Crippen molar-refractivity contribution in [3.05, 3.63) is 247 Å². The van der Waals surface area contributed by atoms with E-state index < -0.39 is 0 Å². The van der Waals surface area contributed by atoms with Crippen LogP contribution in [0.15, 0.2) is 225 Å². The highest BCUT2D eigenvalue weighted by Crippen LogP contribution is 2.49. The van der Waals surface area contributed by atoms with Gasteiger partial charge in [-0.3, -0.25) is 0 Å². The molecule has 0 atom stereocenters. The third kappa shape index (κ3) is 12.6. The molecule has 0 aliphatic heterocycles. The van der Waals surface area contributed by atoms with Crippen molar-refractivity contribution >= 4 is 33.9 Å². The maximum absolute atomic E-state index is 6.07. The number of nitrogen functional groups attached to an aromatic ring is 1. The Bertz CT molecular complexity index is 2910. The Labute approximate surface area is 395 Å². The van der Waals surface area contributed by atoms with Crippen molar-refractivity contribution in [3.63, 3.8) is 0 Å². The van der Waals surface area contributed by atoms with Gasteiger partial charge in [-0.25, -0.2) is 0 Å². The van der Waals surface area contributed by atoms with Crippen molar-refractivity contribution < 1.29 is 0 Å². The zero-order valence-corrected chi connectivity index (χ0v) is 39.6. The summed E-state index contributed by atoms with van der Waals surface area (Å²) in [6.07, 6.45) is 10.2. The summed E-state index contributed by atoms with van der Waals surface area (Å²) in [5.74, 6) is 0. The quantitative estimate of drug-likeness (QED) is 0.0713. The Morgan fingerprint density at radius 3 is 1.56 bits per heavy atom. The van der Waals surface area contributed by atoms with Gasteiger partial charge in [-0.2, -0.15) is 0 Å². The summed E-state index contributed by atoms with van der Waals surface area (Å²) in [4.78, 5) is 0. The highest BCUT2D eigenvalue weighted by molar-refractivity contribution is 6.18. The molecule has 0 radical (unpaired) electrons. The lowest BCUT2D eigenvalue weighted by molar-refractivity contribution is 0.886. The van der Waals surface area contributed by atoms with E-state index in [0.717, 1.165) is 24.1 Å². The zero-order valence-electron chi connectivity index (χ0n) is 39.6. The summed E-state index contributed by atoms with van der Waals surface area (Å²) in [5.41, 5.74) is 22.6. The van der Waals surface area contributed by atoms with Crippen molar-refractivity contribution in [2.75, 3.05) is 5.73 Å². The topological polar surface area (TPSA) is 49.9 Å². The number of rotatable bonds is 7. The molecular formula is C64H66N2. The molecule has 3 N–H and O–H groups in total. The first kappa shape index (κ1) is 49.5. The van der Waals surface area contributed by atoms with E-state index >= 15 is 0 Å². The molecule has 0 unspecified atom stereocenters. The molecular weight excluding hydrogens is 797 g/mol. The molecule has 0 fully saturated rings. The maximum atomic E-state index is 6.07. The van der Waals surface area contributed by atoms with Crippen molar-refractivity contribution in [1.29, 1.82) is 5.41 Å². The SMILES string of the molecule is C=C/C=C\C.C=N.CC.CCCC.Nc1cccc(-c2cccc(-c3cccc4c3-c3c(c5ccccc5c5ccccc35)C4)c2)c1.c1ccc(Cc2ccc(-c3ccccc3)cc2)cc1. The molecule has 0 saturated carbocycles. The van der Waals surface area contributed by atoms with Crippen LogP contribution in [0.3, 0.4) is 0 Å². The molecule has 2 heteroatoms. The minimum Gasteiger partial charge on any atom is -0.399 e. The molecule has 0 bridgehead atoms. The van der Waals surface area contributed by atoms with Crippen LogP contribution in [0, 0.1) is 5.41 Å². The third-order valence-corrected chi connectivity index (χ3v) is 11.3. The number of fused-ring (bicyclic) bond motifs is 8. The second-order valence-corrected chi connectivity index (χ2v) is 15.7. The van der Waals surface area contributed by atoms with Gasteiger partial charge in [-0.05, 0) is 133 Å². The van der Waals surface area contributed by atoms with Gasteiger partial charge in [0.25, 0.3) is 0 Å². The molecule has 9 aromatic rings. The van der Waals surface area contributed by atoms with E-state index in [1.807, 2.05) is 57.2 Å². The van der Waals surface area contributed by atoms with E-state index in [2.05, 4.69) is 203 Å². The van der Waals surface area contributed by atoms with Crippen molar-refractivity contribution in [2.24, 2.45) is 0 Å². The molecule has 10 rings (SSSR count). The Hall–Kier alpha value is -7.55. The average molecular weight is 863 g/mol. The summed E-state index contributed by atoms with van der Waals surface area (Å²) in [5, 5.41) is 10.9. The molecule has 0 amide bonds. The van der Waals surface area contributed by atoms with Gasteiger partial charge in [-0.15, -0.1) is 0 Å². The standard InChI is InChI=1S/C33H23N.C19H16.C5H8.C4H10.C2H6.CH3N/c34-25-12-6-9-22(19-25)21-8-5-10-23(18-21)26-17-7-11-24-20-31-29-15-2-1-13-27(29)28-14-3-4-16-30(28)33(31)32(24)26;1-3-7-16(8-4-1)15-17-11-13-19(14-12-17)18-9-5-2-6-10-18;1-3-5-4-2;1-3-4-2;2*1-2/h1-19H,20,34H2;1-14H,15H2;3-5H,1H2,2H3;3-4H2,1-2H3;1-2H3;2H,1H2/b;;5-4-;;;. The Kier molecular flexibility index (Phi) is 19.7. The van der Waals surface area contributed by atoms with Crippen LogP contribution in [-0.2, 0) is 12.8 Å². The molecule has 332 valence electrons. The molecule has 1 aliphatic rings. The Balaban J connectivity index is 0.000000215. The summed E-state index contributed by atoms with van der Waals surface area (Å²) >= 11 is 0. The van der Waals surface area contributed by atoms with Crippen LogP contribution in [-0.4, -0.2) is 6.72 Å². The van der Waals surface area contributed by atoms with Crippen molar-refractivity contribution in [3.8, 4) is 44.5 Å². The van der Waals surface area contributed by atoms with Crippen LogP contribution in [0.5, 0.6) is 0 Å². The van der Waals surface area contributed by atoms with E-state index in [1.165, 1.54) is 95.6 Å². The number of anilines is 1. The smallest absolute Gasteiger partial charge is 0.0320 e. The fourth-order valence-corrected chi connectivity index (χ4v) is 8.16. The Morgan fingerprint density at radius 2 is 0.970 bits per heavy atom. The molecule has 2 nitrogen and oxygen atoms in total. The first-order chi connectivity index (χ1) is 32.5. The van der Waals surface area contributed by atoms with Gasteiger partial charge in [-0.1, -0.05) is 247 Å². The largest absolute Gasteiger partial charge is 0.399 e. The van der Waals surface area contributed by atoms with Crippen LogP contribution < -0.4 is 5.73 Å². The fourth-order valence-electron chi connectivity index (χ4n) is 8.16. The first-order valence-corrected chi connectivity index (χ1v) is 23.3. The molecule has 1 aliphatic carbocycles. The number of hydrogen-bond acceptors (Lipinski definition) is 2. The van der Waals surface area contributed by atoms with Gasteiger partial charge in [0.05, 0.1) is 0 Å². The van der Waals surface area contributed by atoms with Crippen LogP contribution in [0.25, 0.3) is 66.1 Å². The van der Waals surface area contributed by atoms with Gasteiger partial charge in [0.2, 0.25) is 0 Å². The number of hydrogen-bond donors (Lipinski definition) is 2. The minimum absolute atomic E-state index is 0.788. The first-order valence-electron chi connectivity index (χ1n) is 23.3. The molecule has 66 heavy (non-hydrogen) atoms. The van der Waals surface area contributed by atoms with E-state index in [4.69, 9.17) is 11.1 Å². The summed E-state index contributed by atoms with van der Waals surface area (Å²) < 4.78 is 0. The molecule has 9 aromatic carbocycles. The van der Waals surface area contributed by atoms with Gasteiger partial charge < -0.3 is 11.1 Å². The lowest BCUT2D eigenvalue weighted by atomic mass is 9.88. The molecule has 0 saturated heterocycles. The fraction of sp³-hybridized carbons (Fsp3) is 0.141. The normalized spacial score (nSPS) is 10.5. The van der Waals surface area contributed by atoms with Crippen molar-refractivity contribution in [1.82, 2.24) is 0 Å². The van der Waals surface area contributed by atoms with Gasteiger partial charge in [0.1, 0.15) is 0 Å². The summed E-state index contributed by atoms with van der Waals surface area (Å²) in [6.45, 7) is 16.3. The highest BCUT2D eigenvalue weighted by atomic mass is 14.5. The monoisotopic (exact) mass is 863 g/mol. The number of nitrogens with one attached hydrogen (secondary N) is 1. The highest BCUT2D eigenvalue weighted by Gasteiger charge is 2.26. The maximum Gasteiger partial charge on any atom is 0.0320 e. The summed E-state index contributed by atoms with van der Waals surface area (Å²) in [7, 11) is 0. The predicted molar refractivity (Wildman–Crippen MR) is 293 cm³/mol. The van der Waals surface area contributed by atoms with E-state index in [0.29, 0.717) is 0 Å². The van der Waals surface area contributed by atoms with Crippen LogP contribution in [0.4, 0.5) is 5.69 Å². The van der Waals surface area contributed by atoms with E-state index in [1.54, 1.807) is 6.08 Å². The number of unbranched alkanes of at least 4 members (excludes halogenated alkanes) is 1. The van der Waals surface area contributed by atoms with E-state index in [9.17, 15) is 0 Å². The number of benzene rings is 9. The number of allylic oxidation sites excluding steroid dienone is 3. The third-order valence-electron chi connectivity index (χ3n) is 11.3. The van der Waals surface area contributed by atoms with Crippen LogP contribution in [0.1, 0.15) is 69.7 Å². The van der Waals surface area contributed by atoms with E-state index in [-0.39, 0.29) is 0 Å². The second-order valence-electron chi connectivity index (χ2n) is 15.7. The molecule has 0 heterocycles. The summed E-state index contributed by atoms with van der Waals surface area (Å²) in [6, 6.07) is 71.4. The second kappa shape index (κ2) is 26.3. The lowest BCUT2D eigenvalue weighted by Crippen LogP contribution is -1.89. The molecule has 0 spiro atoms. The number of nitrogens with two attached hydrogens (primary N) is 1. The minimum atomic E-state index is 0.788. The Morgan fingerprint density at radius 1 is 0.485 bits per heavy atom. The lowest BCUT2D eigenvalue weighted by Gasteiger charge is -2.15. The van der Waals surface area contributed by atoms with Gasteiger partial charge in [0, 0.05) is 5.69 Å². The van der Waals surface area contributed by atoms with Crippen LogP contribution in [0.2, 0.25) is 0 Å². The van der Waals surface area contributed by atoms with Crippen LogP contribution >= 0.6 is 0 Å². The zero-order chi connectivity index (χ0) is 47.1. The molecule has 0 aromatic heterocycles. The average Bonchev–Trinajstić information content (AvgIpc) is 3.80. The van der Waals surface area contributed by atoms with Gasteiger partial charge >= 0.3 is 0 Å². The predicted octanol–water partition coefficient (Wildman–Crippen LogP) is 18.3.